The molecule has 0 saturated heterocycles. The standard InChI is InChI=1S/C8H10N2O4S/c1-6-3-4-8(15(13,14)9-2)7(5-6)10(11)12/h3-5,9H,1-2H3. The van der Waals surface area contributed by atoms with Crippen molar-refractivity contribution < 1.29 is 13.3 Å². The zero-order valence-corrected chi connectivity index (χ0v) is 9.04. The second-order valence-corrected chi connectivity index (χ2v) is 4.79. The van der Waals surface area contributed by atoms with Crippen LogP contribution in [-0.2, 0) is 10.0 Å². The number of aryl methyl sites for hydroxylation is 1. The molecule has 82 valence electrons. The van der Waals surface area contributed by atoms with Crippen molar-refractivity contribution in [1.82, 2.24) is 4.72 Å². The third kappa shape index (κ3) is 2.31. The van der Waals surface area contributed by atoms with E-state index < -0.39 is 20.6 Å². The Morgan fingerprint density at radius 1 is 1.40 bits per heavy atom. The molecule has 1 aromatic carbocycles. The zero-order valence-electron chi connectivity index (χ0n) is 8.22. The van der Waals surface area contributed by atoms with Crippen molar-refractivity contribution in [2.24, 2.45) is 0 Å². The molecule has 0 fully saturated rings. The van der Waals surface area contributed by atoms with E-state index in [4.69, 9.17) is 0 Å². The van der Waals surface area contributed by atoms with E-state index in [9.17, 15) is 18.5 Å². The molecule has 1 N–H and O–H groups in total. The largest absolute Gasteiger partial charge is 0.289 e. The number of sulfonamides is 1. The number of rotatable bonds is 3. The van der Waals surface area contributed by atoms with Crippen LogP contribution in [0.15, 0.2) is 23.1 Å². The van der Waals surface area contributed by atoms with Gasteiger partial charge in [0.05, 0.1) is 4.92 Å². The van der Waals surface area contributed by atoms with Gasteiger partial charge in [-0.15, -0.1) is 0 Å². The van der Waals surface area contributed by atoms with E-state index in [2.05, 4.69) is 0 Å². The van der Waals surface area contributed by atoms with Crippen LogP contribution in [0.1, 0.15) is 5.56 Å². The summed E-state index contributed by atoms with van der Waals surface area (Å²) in [5.74, 6) is 0. The molecule has 15 heavy (non-hydrogen) atoms. The van der Waals surface area contributed by atoms with Crippen LogP contribution in [0.2, 0.25) is 0 Å². The van der Waals surface area contributed by atoms with E-state index in [0.717, 1.165) is 0 Å². The second-order valence-electron chi connectivity index (χ2n) is 2.94. The summed E-state index contributed by atoms with van der Waals surface area (Å²) in [6.45, 7) is 1.66. The molecule has 0 bridgehead atoms. The van der Waals surface area contributed by atoms with Gasteiger partial charge in [0.2, 0.25) is 10.0 Å². The van der Waals surface area contributed by atoms with Gasteiger partial charge in [-0.05, 0) is 25.6 Å². The Morgan fingerprint density at radius 3 is 2.47 bits per heavy atom. The topological polar surface area (TPSA) is 89.3 Å². The van der Waals surface area contributed by atoms with E-state index in [0.29, 0.717) is 5.56 Å². The maximum atomic E-state index is 11.4. The lowest BCUT2D eigenvalue weighted by Gasteiger charge is -2.03. The van der Waals surface area contributed by atoms with Gasteiger partial charge in [0.25, 0.3) is 5.69 Å². The van der Waals surface area contributed by atoms with Crippen LogP contribution >= 0.6 is 0 Å². The lowest BCUT2D eigenvalue weighted by Crippen LogP contribution is -2.19. The maximum absolute atomic E-state index is 11.4. The van der Waals surface area contributed by atoms with Gasteiger partial charge in [-0.2, -0.15) is 0 Å². The van der Waals surface area contributed by atoms with Crippen molar-refractivity contribution in [2.45, 2.75) is 11.8 Å². The van der Waals surface area contributed by atoms with Crippen molar-refractivity contribution in [1.29, 1.82) is 0 Å². The SMILES string of the molecule is CNS(=O)(=O)c1ccc(C)cc1[N+](=O)[O-]. The molecule has 0 aliphatic rings. The van der Waals surface area contributed by atoms with Crippen molar-refractivity contribution >= 4 is 15.7 Å². The summed E-state index contributed by atoms with van der Waals surface area (Å²) >= 11 is 0. The molecule has 0 atom stereocenters. The molecule has 0 amide bonds. The highest BCUT2D eigenvalue weighted by Gasteiger charge is 2.23. The molecule has 0 heterocycles. The quantitative estimate of drug-likeness (QED) is 0.614. The van der Waals surface area contributed by atoms with E-state index in [1.54, 1.807) is 6.92 Å². The third-order valence-corrected chi connectivity index (χ3v) is 3.33. The molecule has 0 unspecified atom stereocenters. The van der Waals surface area contributed by atoms with E-state index in [1.165, 1.54) is 25.2 Å². The van der Waals surface area contributed by atoms with Crippen LogP contribution in [0.4, 0.5) is 5.69 Å². The fraction of sp³-hybridized carbons (Fsp3) is 0.250. The molecule has 1 aromatic rings. The van der Waals surface area contributed by atoms with Gasteiger partial charge in [-0.1, -0.05) is 6.07 Å². The van der Waals surface area contributed by atoms with Crippen molar-refractivity contribution in [3.8, 4) is 0 Å². The highest BCUT2D eigenvalue weighted by molar-refractivity contribution is 7.89. The number of nitrogens with one attached hydrogen (secondary N) is 1. The van der Waals surface area contributed by atoms with Gasteiger partial charge in [-0.25, -0.2) is 13.1 Å². The lowest BCUT2D eigenvalue weighted by atomic mass is 10.2. The monoisotopic (exact) mass is 230 g/mol. The van der Waals surface area contributed by atoms with Gasteiger partial charge in [-0.3, -0.25) is 10.1 Å². The molecule has 0 aromatic heterocycles. The number of nitrogens with zero attached hydrogens (tertiary/aromatic N) is 1. The van der Waals surface area contributed by atoms with Crippen molar-refractivity contribution in [3.63, 3.8) is 0 Å². The molecule has 0 spiro atoms. The predicted molar refractivity (Wildman–Crippen MR) is 54.1 cm³/mol. The Morgan fingerprint density at radius 2 is 2.00 bits per heavy atom. The lowest BCUT2D eigenvalue weighted by molar-refractivity contribution is -0.387. The molecule has 0 aliphatic carbocycles. The van der Waals surface area contributed by atoms with Gasteiger partial charge >= 0.3 is 0 Å². The summed E-state index contributed by atoms with van der Waals surface area (Å²) in [4.78, 5) is 9.62. The smallest absolute Gasteiger partial charge is 0.258 e. The molecule has 0 saturated carbocycles. The summed E-state index contributed by atoms with van der Waals surface area (Å²) in [5, 5.41) is 10.6. The van der Waals surface area contributed by atoms with E-state index in [-0.39, 0.29) is 4.90 Å². The predicted octanol–water partition coefficient (Wildman–Crippen LogP) is 0.811. The average Bonchev–Trinajstić information content (AvgIpc) is 2.17. The molecule has 0 aliphatic heterocycles. The molecular formula is C8H10N2O4S. The normalized spacial score (nSPS) is 11.3. The summed E-state index contributed by atoms with van der Waals surface area (Å²) in [6.07, 6.45) is 0. The van der Waals surface area contributed by atoms with Crippen molar-refractivity contribution in [3.05, 3.63) is 33.9 Å². The Balaban J connectivity index is 3.49. The number of hydrogen-bond donors (Lipinski definition) is 1. The Kier molecular flexibility index (Phi) is 3.06. The number of benzene rings is 1. The van der Waals surface area contributed by atoms with Gasteiger partial charge in [0, 0.05) is 6.07 Å². The first-order chi connectivity index (χ1) is 6.88. The Labute approximate surface area is 87.1 Å². The van der Waals surface area contributed by atoms with Gasteiger partial charge < -0.3 is 0 Å². The highest BCUT2D eigenvalue weighted by Crippen LogP contribution is 2.24. The van der Waals surface area contributed by atoms with E-state index >= 15 is 0 Å². The van der Waals surface area contributed by atoms with Gasteiger partial charge in [0.1, 0.15) is 0 Å². The maximum Gasteiger partial charge on any atom is 0.289 e. The van der Waals surface area contributed by atoms with Crippen molar-refractivity contribution in [2.75, 3.05) is 7.05 Å². The summed E-state index contributed by atoms with van der Waals surface area (Å²) in [6, 6.07) is 3.96. The number of nitro benzene ring substituents is 1. The van der Waals surface area contributed by atoms with Crippen LogP contribution in [-0.4, -0.2) is 20.4 Å². The summed E-state index contributed by atoms with van der Waals surface area (Å²) in [5.41, 5.74) is 0.223. The highest BCUT2D eigenvalue weighted by atomic mass is 32.2. The zero-order chi connectivity index (χ0) is 11.6. The fourth-order valence-corrected chi connectivity index (χ4v) is 1.98. The van der Waals surface area contributed by atoms with Crippen LogP contribution in [0.25, 0.3) is 0 Å². The third-order valence-electron chi connectivity index (χ3n) is 1.87. The Bertz CT molecular complexity index is 495. The first-order valence-corrected chi connectivity index (χ1v) is 5.55. The minimum atomic E-state index is -3.78. The molecule has 6 nitrogen and oxygen atoms in total. The van der Waals surface area contributed by atoms with Crippen LogP contribution in [0.3, 0.4) is 0 Å². The molecular weight excluding hydrogens is 220 g/mol. The van der Waals surface area contributed by atoms with E-state index in [1.807, 2.05) is 4.72 Å². The van der Waals surface area contributed by atoms with Gasteiger partial charge in [0.15, 0.2) is 4.90 Å². The summed E-state index contributed by atoms with van der Waals surface area (Å²) < 4.78 is 24.9. The fourth-order valence-electron chi connectivity index (χ4n) is 1.11. The Hall–Kier alpha value is -1.47. The number of hydrogen-bond acceptors (Lipinski definition) is 4. The van der Waals surface area contributed by atoms with Crippen LogP contribution in [0.5, 0.6) is 0 Å². The summed E-state index contributed by atoms with van der Waals surface area (Å²) in [7, 11) is -2.58. The minimum absolute atomic E-state index is 0.319. The average molecular weight is 230 g/mol. The van der Waals surface area contributed by atoms with Crippen LogP contribution < -0.4 is 4.72 Å². The molecule has 0 radical (unpaired) electrons. The van der Waals surface area contributed by atoms with Crippen LogP contribution in [0, 0.1) is 17.0 Å². The first-order valence-electron chi connectivity index (χ1n) is 4.07. The molecule has 7 heteroatoms. The number of nitro groups is 1. The first kappa shape index (κ1) is 11.6. The minimum Gasteiger partial charge on any atom is -0.258 e. The second kappa shape index (κ2) is 3.95. The molecule has 1 rings (SSSR count).